The van der Waals surface area contributed by atoms with Crippen LogP contribution in [-0.4, -0.2) is 4.57 Å². The molecule has 2 aliphatic rings. The molecule has 0 spiro atoms. The van der Waals surface area contributed by atoms with Crippen LogP contribution in [0.3, 0.4) is 0 Å². The highest BCUT2D eigenvalue weighted by Crippen LogP contribution is 2.42. The highest BCUT2D eigenvalue weighted by Gasteiger charge is 2.31. The van der Waals surface area contributed by atoms with Gasteiger partial charge in [-0.15, -0.1) is 0 Å². The van der Waals surface area contributed by atoms with E-state index in [2.05, 4.69) is 6.07 Å². The van der Waals surface area contributed by atoms with E-state index in [1.807, 2.05) is 10.6 Å². The number of aromatic nitrogens is 1. The maximum Gasteiger partial charge on any atom is 0.255 e. The van der Waals surface area contributed by atoms with Crippen LogP contribution in [-0.2, 0) is 6.54 Å². The van der Waals surface area contributed by atoms with Crippen LogP contribution in [0.5, 0.6) is 0 Å². The van der Waals surface area contributed by atoms with Crippen LogP contribution in [0, 0.1) is 0 Å². The summed E-state index contributed by atoms with van der Waals surface area (Å²) in [4.78, 5) is 12.3. The molecule has 3 rings (SSSR count). The van der Waals surface area contributed by atoms with Crippen molar-refractivity contribution in [3.8, 4) is 0 Å². The molecule has 16 heavy (non-hydrogen) atoms. The van der Waals surface area contributed by atoms with Gasteiger partial charge in [0.1, 0.15) is 0 Å². The second-order valence-electron chi connectivity index (χ2n) is 5.02. The summed E-state index contributed by atoms with van der Waals surface area (Å²) in [5, 5.41) is 0. The van der Waals surface area contributed by atoms with E-state index in [-0.39, 0.29) is 5.56 Å². The molecule has 86 valence electrons. The summed E-state index contributed by atoms with van der Waals surface area (Å²) >= 11 is 0. The zero-order valence-electron chi connectivity index (χ0n) is 9.48. The van der Waals surface area contributed by atoms with Crippen LogP contribution in [0.15, 0.2) is 16.9 Å². The molecular formula is C13H18N2O. The van der Waals surface area contributed by atoms with Crippen molar-refractivity contribution in [1.82, 2.24) is 4.57 Å². The van der Waals surface area contributed by atoms with E-state index in [1.54, 1.807) is 0 Å². The van der Waals surface area contributed by atoms with E-state index in [1.165, 1.54) is 25.0 Å². The number of hydrogen-bond acceptors (Lipinski definition) is 2. The minimum atomic E-state index is 0.164. The fraction of sp³-hybridized carbons (Fsp3) is 0.615. The number of rotatable bonds is 3. The Morgan fingerprint density at radius 3 is 2.50 bits per heavy atom. The van der Waals surface area contributed by atoms with Crippen molar-refractivity contribution >= 4 is 0 Å². The maximum absolute atomic E-state index is 12.3. The Hall–Kier alpha value is -1.09. The van der Waals surface area contributed by atoms with Crippen LogP contribution in [0.1, 0.15) is 55.3 Å². The molecule has 0 bridgehead atoms. The minimum Gasteiger partial charge on any atom is -0.326 e. The fourth-order valence-corrected chi connectivity index (χ4v) is 2.50. The quantitative estimate of drug-likeness (QED) is 0.842. The molecule has 0 saturated heterocycles. The standard InChI is InChI=1S/C13H18N2O/c14-8-10-6-7-12(9-4-5-9)15(13(10)16)11-2-1-3-11/h6-7,9,11H,1-5,8,14H2. The topological polar surface area (TPSA) is 48.0 Å². The maximum atomic E-state index is 12.3. The van der Waals surface area contributed by atoms with E-state index >= 15 is 0 Å². The molecule has 3 heteroatoms. The van der Waals surface area contributed by atoms with Crippen LogP contribution in [0.25, 0.3) is 0 Å². The molecule has 2 N–H and O–H groups in total. The molecule has 0 unspecified atom stereocenters. The van der Waals surface area contributed by atoms with Crippen LogP contribution < -0.4 is 11.3 Å². The fourth-order valence-electron chi connectivity index (χ4n) is 2.50. The van der Waals surface area contributed by atoms with Crippen molar-refractivity contribution in [1.29, 1.82) is 0 Å². The number of pyridine rings is 1. The third-order valence-corrected chi connectivity index (χ3v) is 3.88. The number of hydrogen-bond donors (Lipinski definition) is 1. The van der Waals surface area contributed by atoms with E-state index in [0.29, 0.717) is 18.5 Å². The molecule has 1 heterocycles. The highest BCUT2D eigenvalue weighted by molar-refractivity contribution is 5.23. The SMILES string of the molecule is NCc1ccc(C2CC2)n(C2CCC2)c1=O. The van der Waals surface area contributed by atoms with Gasteiger partial charge in [0.15, 0.2) is 0 Å². The summed E-state index contributed by atoms with van der Waals surface area (Å²) in [6.45, 7) is 0.358. The number of nitrogens with two attached hydrogens (primary N) is 1. The molecule has 3 nitrogen and oxygen atoms in total. The summed E-state index contributed by atoms with van der Waals surface area (Å²) in [7, 11) is 0. The van der Waals surface area contributed by atoms with E-state index in [4.69, 9.17) is 5.73 Å². The van der Waals surface area contributed by atoms with Gasteiger partial charge in [-0.05, 0) is 44.1 Å². The van der Waals surface area contributed by atoms with Gasteiger partial charge >= 0.3 is 0 Å². The van der Waals surface area contributed by atoms with E-state index < -0.39 is 0 Å². The smallest absolute Gasteiger partial charge is 0.255 e. The Balaban J connectivity index is 2.10. The Morgan fingerprint density at radius 1 is 1.25 bits per heavy atom. The lowest BCUT2D eigenvalue weighted by atomic mass is 9.92. The lowest BCUT2D eigenvalue weighted by Gasteiger charge is -2.30. The van der Waals surface area contributed by atoms with Gasteiger partial charge in [0, 0.05) is 23.8 Å². The predicted octanol–water partition coefficient (Wildman–Crippen LogP) is 1.91. The average Bonchev–Trinajstić information content (AvgIpc) is 3.02. The molecule has 0 aromatic carbocycles. The van der Waals surface area contributed by atoms with Gasteiger partial charge in [0.05, 0.1) is 0 Å². The summed E-state index contributed by atoms with van der Waals surface area (Å²) in [6, 6.07) is 4.50. The molecule has 0 radical (unpaired) electrons. The van der Waals surface area contributed by atoms with Crippen LogP contribution >= 0.6 is 0 Å². The lowest BCUT2D eigenvalue weighted by molar-refractivity contribution is 0.298. The monoisotopic (exact) mass is 218 g/mol. The molecule has 2 aliphatic carbocycles. The first-order chi connectivity index (χ1) is 7.81. The Kier molecular flexibility index (Phi) is 2.36. The predicted molar refractivity (Wildman–Crippen MR) is 63.5 cm³/mol. The van der Waals surface area contributed by atoms with Gasteiger partial charge in [0.25, 0.3) is 5.56 Å². The van der Waals surface area contributed by atoms with Crippen LogP contribution in [0.4, 0.5) is 0 Å². The molecular weight excluding hydrogens is 200 g/mol. The van der Waals surface area contributed by atoms with Gasteiger partial charge in [-0.3, -0.25) is 4.79 Å². The van der Waals surface area contributed by atoms with Crippen molar-refractivity contribution < 1.29 is 0 Å². The van der Waals surface area contributed by atoms with Crippen LogP contribution in [0.2, 0.25) is 0 Å². The molecule has 1 aromatic rings. The first-order valence-electron chi connectivity index (χ1n) is 6.25. The van der Waals surface area contributed by atoms with Gasteiger partial charge in [-0.1, -0.05) is 6.07 Å². The third-order valence-electron chi connectivity index (χ3n) is 3.88. The van der Waals surface area contributed by atoms with Gasteiger partial charge in [0.2, 0.25) is 0 Å². The summed E-state index contributed by atoms with van der Waals surface area (Å²) in [5.41, 5.74) is 7.79. The second-order valence-corrected chi connectivity index (χ2v) is 5.02. The summed E-state index contributed by atoms with van der Waals surface area (Å²) in [5.74, 6) is 0.639. The molecule has 2 fully saturated rings. The second kappa shape index (κ2) is 3.74. The molecule has 0 aliphatic heterocycles. The van der Waals surface area contributed by atoms with E-state index in [9.17, 15) is 4.79 Å². The van der Waals surface area contributed by atoms with Gasteiger partial charge in [-0.2, -0.15) is 0 Å². The van der Waals surface area contributed by atoms with Crippen molar-refractivity contribution in [2.45, 2.75) is 50.6 Å². The number of nitrogens with zero attached hydrogens (tertiary/aromatic N) is 1. The zero-order valence-corrected chi connectivity index (χ0v) is 9.48. The highest BCUT2D eigenvalue weighted by atomic mass is 16.1. The first-order valence-corrected chi connectivity index (χ1v) is 6.25. The van der Waals surface area contributed by atoms with Gasteiger partial charge < -0.3 is 10.3 Å². The van der Waals surface area contributed by atoms with Crippen molar-refractivity contribution in [3.05, 3.63) is 33.7 Å². The Labute approximate surface area is 95.3 Å². The normalized spacial score (nSPS) is 20.8. The third kappa shape index (κ3) is 1.50. The van der Waals surface area contributed by atoms with Crippen molar-refractivity contribution in [2.75, 3.05) is 0 Å². The minimum absolute atomic E-state index is 0.164. The van der Waals surface area contributed by atoms with Crippen molar-refractivity contribution in [2.24, 2.45) is 5.73 Å². The molecule has 2 saturated carbocycles. The average molecular weight is 218 g/mol. The summed E-state index contributed by atoms with van der Waals surface area (Å²) < 4.78 is 2.04. The summed E-state index contributed by atoms with van der Waals surface area (Å²) in [6.07, 6.45) is 6.07. The lowest BCUT2D eigenvalue weighted by Crippen LogP contribution is -2.33. The first kappa shape index (κ1) is 10.1. The molecule has 0 atom stereocenters. The van der Waals surface area contributed by atoms with Crippen molar-refractivity contribution in [3.63, 3.8) is 0 Å². The van der Waals surface area contributed by atoms with Gasteiger partial charge in [-0.25, -0.2) is 0 Å². The Morgan fingerprint density at radius 2 is 2.00 bits per heavy atom. The Bertz CT molecular complexity index is 455. The van der Waals surface area contributed by atoms with E-state index in [0.717, 1.165) is 18.4 Å². The largest absolute Gasteiger partial charge is 0.326 e. The zero-order chi connectivity index (χ0) is 11.1. The molecule has 0 amide bonds. The molecule has 1 aromatic heterocycles.